The Morgan fingerprint density at radius 1 is 1.15 bits per heavy atom. The second-order valence-electron chi connectivity index (χ2n) is 6.29. The number of carbonyl (C=O) groups is 2. The molecule has 1 aromatic carbocycles. The van der Waals surface area contributed by atoms with Gasteiger partial charge in [-0.2, -0.15) is 0 Å². The molecule has 0 heterocycles. The summed E-state index contributed by atoms with van der Waals surface area (Å²) in [5.74, 6) is -0.966. The van der Waals surface area contributed by atoms with Crippen molar-refractivity contribution < 1.29 is 37.6 Å². The Balaban J connectivity index is 2.77. The van der Waals surface area contributed by atoms with Gasteiger partial charge < -0.3 is 19.7 Å². The molecule has 26 heavy (non-hydrogen) atoms. The fraction of sp³-hybridized carbons (Fsp3) is 0.500. The monoisotopic (exact) mass is 389 g/mol. The maximum atomic E-state index is 11.9. The van der Waals surface area contributed by atoms with Crippen molar-refractivity contribution in [3.05, 3.63) is 29.8 Å². The van der Waals surface area contributed by atoms with Crippen molar-refractivity contribution in [2.75, 3.05) is 14.2 Å². The van der Waals surface area contributed by atoms with Gasteiger partial charge in [0.15, 0.2) is 0 Å². The highest BCUT2D eigenvalue weighted by atomic mass is 31.2. The molecule has 1 rings (SSSR count). The van der Waals surface area contributed by atoms with Crippen molar-refractivity contribution in [1.82, 2.24) is 5.32 Å². The van der Waals surface area contributed by atoms with Crippen molar-refractivity contribution in [1.29, 1.82) is 0 Å². The molecular weight excluding hydrogens is 365 g/mol. The molecule has 1 amide bonds. The molecule has 9 nitrogen and oxygen atoms in total. The third-order valence-electron chi connectivity index (χ3n) is 3.02. The van der Waals surface area contributed by atoms with Crippen molar-refractivity contribution in [3.63, 3.8) is 0 Å². The third kappa shape index (κ3) is 7.43. The Morgan fingerprint density at radius 2 is 1.69 bits per heavy atom. The van der Waals surface area contributed by atoms with Crippen molar-refractivity contribution in [2.24, 2.45) is 0 Å². The van der Waals surface area contributed by atoms with Crippen molar-refractivity contribution in [3.8, 4) is 5.75 Å². The van der Waals surface area contributed by atoms with Gasteiger partial charge in [-0.1, -0.05) is 12.1 Å². The van der Waals surface area contributed by atoms with E-state index in [9.17, 15) is 19.3 Å². The van der Waals surface area contributed by atoms with Gasteiger partial charge in [-0.25, -0.2) is 14.2 Å². The number of nitrogens with one attached hydrogen (secondary N) is 1. The molecule has 10 heteroatoms. The molecule has 1 aromatic rings. The highest BCUT2D eigenvalue weighted by Gasteiger charge is 2.26. The summed E-state index contributed by atoms with van der Waals surface area (Å²) in [5, 5.41) is 11.6. The van der Waals surface area contributed by atoms with Crippen LogP contribution in [0.25, 0.3) is 0 Å². The number of benzene rings is 1. The fourth-order valence-electron chi connectivity index (χ4n) is 1.85. The molecule has 0 saturated carbocycles. The number of alkyl carbamates (subject to hydrolysis) is 1. The number of carboxylic acid groups (broad SMARTS) is 1. The number of hydrogen-bond donors (Lipinski definition) is 2. The average molecular weight is 389 g/mol. The van der Waals surface area contributed by atoms with Gasteiger partial charge in [-0.15, -0.1) is 0 Å². The number of amides is 1. The first-order valence-corrected chi connectivity index (χ1v) is 9.16. The number of carboxylic acids is 1. The average Bonchev–Trinajstić information content (AvgIpc) is 2.54. The summed E-state index contributed by atoms with van der Waals surface area (Å²) in [6, 6.07) is 4.98. The van der Waals surface area contributed by atoms with E-state index in [1.807, 2.05) is 0 Å². The van der Waals surface area contributed by atoms with Crippen LogP contribution >= 0.6 is 7.82 Å². The number of carbonyl (C=O) groups excluding carboxylic acids is 1. The topological polar surface area (TPSA) is 120 Å². The summed E-state index contributed by atoms with van der Waals surface area (Å²) in [5.41, 5.74) is -0.117. The van der Waals surface area contributed by atoms with Crippen LogP contribution in [-0.2, 0) is 29.6 Å². The lowest BCUT2D eigenvalue weighted by atomic mass is 10.1. The molecule has 2 N–H and O–H groups in total. The van der Waals surface area contributed by atoms with Gasteiger partial charge in [0.05, 0.1) is 0 Å². The number of aliphatic carboxylic acids is 1. The van der Waals surface area contributed by atoms with Gasteiger partial charge in [-0.05, 0) is 38.5 Å². The quantitative estimate of drug-likeness (QED) is 0.651. The summed E-state index contributed by atoms with van der Waals surface area (Å²) >= 11 is 0. The van der Waals surface area contributed by atoms with Gasteiger partial charge >= 0.3 is 19.9 Å². The number of phosphoric ester groups is 1. The molecule has 0 bridgehead atoms. The van der Waals surface area contributed by atoms with E-state index < -0.39 is 31.5 Å². The number of rotatable bonds is 8. The highest BCUT2D eigenvalue weighted by molar-refractivity contribution is 7.48. The Bertz CT molecular complexity index is 660. The largest absolute Gasteiger partial charge is 0.529 e. The molecule has 0 saturated heterocycles. The van der Waals surface area contributed by atoms with E-state index in [0.29, 0.717) is 5.56 Å². The lowest BCUT2D eigenvalue weighted by Gasteiger charge is -2.22. The predicted molar refractivity (Wildman–Crippen MR) is 93.2 cm³/mol. The molecule has 0 aromatic heterocycles. The molecule has 0 radical (unpaired) electrons. The van der Waals surface area contributed by atoms with Crippen molar-refractivity contribution >= 4 is 19.9 Å². The first kappa shape index (κ1) is 22.0. The van der Waals surface area contributed by atoms with Gasteiger partial charge in [-0.3, -0.25) is 9.05 Å². The zero-order valence-corrected chi connectivity index (χ0v) is 16.2. The van der Waals surface area contributed by atoms with E-state index in [4.69, 9.17) is 9.26 Å². The zero-order chi connectivity index (χ0) is 20.0. The van der Waals surface area contributed by atoms with Gasteiger partial charge in [0.2, 0.25) is 0 Å². The standard InChI is InChI=1S/C16H24NO8P/c1-16(2,3)24-15(20)17-13(14(18)19)10-11-6-8-12(9-7-11)25-26(21,22-4)23-5/h6-9,13H,10H2,1-5H3,(H,17,20)(H,18,19)/t13-/m1/s1. The van der Waals surface area contributed by atoms with Gasteiger partial charge in [0.25, 0.3) is 0 Å². The van der Waals surface area contributed by atoms with Crippen LogP contribution in [0.15, 0.2) is 24.3 Å². The van der Waals surface area contributed by atoms with E-state index in [1.165, 1.54) is 26.4 Å². The second-order valence-corrected chi connectivity index (χ2v) is 8.10. The summed E-state index contributed by atoms with van der Waals surface area (Å²) in [6.45, 7) is 5.04. The van der Waals surface area contributed by atoms with Gasteiger partial charge in [0, 0.05) is 20.6 Å². The lowest BCUT2D eigenvalue weighted by molar-refractivity contribution is -0.139. The van der Waals surface area contributed by atoms with Crippen LogP contribution in [-0.4, -0.2) is 43.0 Å². The van der Waals surface area contributed by atoms with Crippen LogP contribution in [0.3, 0.4) is 0 Å². The summed E-state index contributed by atoms with van der Waals surface area (Å²) in [6.07, 6.45) is -0.785. The number of ether oxygens (including phenoxy) is 1. The van der Waals surface area contributed by atoms with E-state index in [0.717, 1.165) is 0 Å². The number of phosphoric acid groups is 1. The molecule has 0 spiro atoms. The number of hydrogen-bond acceptors (Lipinski definition) is 7. The van der Waals surface area contributed by atoms with Crippen LogP contribution in [0.5, 0.6) is 5.75 Å². The van der Waals surface area contributed by atoms with Crippen LogP contribution in [0.4, 0.5) is 4.79 Å². The Labute approximate surface area is 152 Å². The maximum Gasteiger partial charge on any atom is 0.529 e. The minimum Gasteiger partial charge on any atom is -0.480 e. The molecular formula is C16H24NO8P. The van der Waals surface area contributed by atoms with Crippen LogP contribution in [0.1, 0.15) is 26.3 Å². The Morgan fingerprint density at radius 3 is 2.12 bits per heavy atom. The minimum absolute atomic E-state index is 0.0288. The maximum absolute atomic E-state index is 11.9. The fourth-order valence-corrected chi connectivity index (χ4v) is 2.53. The Kier molecular flexibility index (Phi) is 7.62. The minimum atomic E-state index is -3.67. The molecule has 0 fully saturated rings. The molecule has 0 aliphatic heterocycles. The van der Waals surface area contributed by atoms with Gasteiger partial charge in [0.1, 0.15) is 17.4 Å². The highest BCUT2D eigenvalue weighted by Crippen LogP contribution is 2.47. The normalized spacial score (nSPS) is 13.0. The van der Waals surface area contributed by atoms with E-state index in [-0.39, 0.29) is 12.2 Å². The van der Waals surface area contributed by atoms with Crippen LogP contribution in [0, 0.1) is 0 Å². The molecule has 0 unspecified atom stereocenters. The SMILES string of the molecule is COP(=O)(OC)Oc1ccc(C[C@@H](NC(=O)OC(C)(C)C)C(=O)O)cc1. The van der Waals surface area contributed by atoms with Crippen LogP contribution in [0.2, 0.25) is 0 Å². The predicted octanol–water partition coefficient (Wildman–Crippen LogP) is 2.99. The van der Waals surface area contributed by atoms with E-state index in [1.54, 1.807) is 32.9 Å². The van der Waals surface area contributed by atoms with E-state index >= 15 is 0 Å². The first-order chi connectivity index (χ1) is 12.0. The molecule has 0 aliphatic carbocycles. The molecule has 1 atom stereocenters. The summed E-state index contributed by atoms with van der Waals surface area (Å²) < 4.78 is 31.4. The zero-order valence-electron chi connectivity index (χ0n) is 15.3. The first-order valence-electron chi connectivity index (χ1n) is 7.70. The lowest BCUT2D eigenvalue weighted by Crippen LogP contribution is -2.44. The smallest absolute Gasteiger partial charge is 0.480 e. The van der Waals surface area contributed by atoms with E-state index in [2.05, 4.69) is 14.4 Å². The van der Waals surface area contributed by atoms with Crippen molar-refractivity contribution in [2.45, 2.75) is 38.8 Å². The van der Waals surface area contributed by atoms with Crippen LogP contribution < -0.4 is 9.84 Å². The summed E-state index contributed by atoms with van der Waals surface area (Å²) in [7, 11) is -1.28. The third-order valence-corrected chi connectivity index (χ3v) is 4.35. The summed E-state index contributed by atoms with van der Waals surface area (Å²) in [4.78, 5) is 23.1. The molecule has 0 aliphatic rings. The molecule has 146 valence electrons. The Hall–Kier alpha value is -2.09. The second kappa shape index (κ2) is 9.02.